The second kappa shape index (κ2) is 6.64. The van der Waals surface area contributed by atoms with E-state index < -0.39 is 0 Å². The summed E-state index contributed by atoms with van der Waals surface area (Å²) in [5.74, 6) is 1.31. The third-order valence-electron chi connectivity index (χ3n) is 3.29. The number of carbonyl (C=O) groups is 1. The lowest BCUT2D eigenvalue weighted by Gasteiger charge is -2.17. The molecule has 110 valence electrons. The van der Waals surface area contributed by atoms with Crippen LogP contribution in [0.25, 0.3) is 0 Å². The molecule has 0 radical (unpaired) electrons. The van der Waals surface area contributed by atoms with Gasteiger partial charge in [0.05, 0.1) is 10.6 Å². The third kappa shape index (κ3) is 3.56. The molecule has 0 fully saturated rings. The van der Waals surface area contributed by atoms with E-state index in [0.29, 0.717) is 22.9 Å². The summed E-state index contributed by atoms with van der Waals surface area (Å²) in [6.07, 6.45) is 0. The first-order valence-electron chi connectivity index (χ1n) is 6.81. The molecule has 0 saturated carbocycles. The van der Waals surface area contributed by atoms with Crippen molar-refractivity contribution >= 4 is 17.5 Å². The van der Waals surface area contributed by atoms with Gasteiger partial charge in [-0.05, 0) is 37.6 Å². The molecule has 0 atom stereocenters. The molecule has 0 spiro atoms. The number of para-hydroxylation sites is 1. The van der Waals surface area contributed by atoms with Crippen LogP contribution in [-0.4, -0.2) is 24.4 Å². The van der Waals surface area contributed by atoms with Crippen LogP contribution in [0, 0.1) is 6.92 Å². The van der Waals surface area contributed by atoms with Crippen LogP contribution in [0.1, 0.15) is 22.8 Å². The quantitative estimate of drug-likeness (QED) is 0.830. The zero-order chi connectivity index (χ0) is 15.4. The van der Waals surface area contributed by atoms with Crippen molar-refractivity contribution in [1.29, 1.82) is 0 Å². The van der Waals surface area contributed by atoms with Crippen molar-refractivity contribution in [1.82, 2.24) is 4.90 Å². The highest BCUT2D eigenvalue weighted by molar-refractivity contribution is 6.34. The lowest BCUT2D eigenvalue weighted by Crippen LogP contribution is -2.26. The summed E-state index contributed by atoms with van der Waals surface area (Å²) in [7, 11) is 1.75. The molecule has 0 aromatic heterocycles. The molecular weight excluding hydrogens is 286 g/mol. The molecule has 0 N–H and O–H groups in total. The van der Waals surface area contributed by atoms with E-state index in [1.54, 1.807) is 24.1 Å². The van der Waals surface area contributed by atoms with Crippen molar-refractivity contribution in [3.63, 3.8) is 0 Å². The van der Waals surface area contributed by atoms with Gasteiger partial charge < -0.3 is 9.64 Å². The molecule has 0 saturated heterocycles. The summed E-state index contributed by atoms with van der Waals surface area (Å²) < 4.78 is 5.80. The summed E-state index contributed by atoms with van der Waals surface area (Å²) >= 11 is 6.24. The van der Waals surface area contributed by atoms with E-state index in [-0.39, 0.29) is 5.91 Å². The number of rotatable bonds is 4. The molecule has 4 heteroatoms. The van der Waals surface area contributed by atoms with Gasteiger partial charge in [0.15, 0.2) is 0 Å². The molecule has 0 aliphatic heterocycles. The van der Waals surface area contributed by atoms with Crippen LogP contribution in [0.5, 0.6) is 11.5 Å². The van der Waals surface area contributed by atoms with Gasteiger partial charge in [0.1, 0.15) is 11.5 Å². The maximum Gasteiger partial charge on any atom is 0.255 e. The maximum atomic E-state index is 12.2. The summed E-state index contributed by atoms with van der Waals surface area (Å²) in [5, 5.41) is 0.400. The van der Waals surface area contributed by atoms with Crippen molar-refractivity contribution in [3.05, 3.63) is 58.6 Å². The predicted octanol–water partition coefficient (Wildman–Crippen LogP) is 4.53. The average molecular weight is 304 g/mol. The van der Waals surface area contributed by atoms with E-state index in [0.717, 1.165) is 11.3 Å². The fraction of sp³-hybridized carbons (Fsp3) is 0.235. The van der Waals surface area contributed by atoms with Crippen molar-refractivity contribution in [2.45, 2.75) is 13.8 Å². The fourth-order valence-corrected chi connectivity index (χ4v) is 2.14. The Morgan fingerprint density at radius 2 is 1.90 bits per heavy atom. The summed E-state index contributed by atoms with van der Waals surface area (Å²) in [4.78, 5) is 13.8. The molecule has 0 unspecified atom stereocenters. The zero-order valence-corrected chi connectivity index (χ0v) is 13.1. The van der Waals surface area contributed by atoms with Crippen molar-refractivity contribution in [2.24, 2.45) is 0 Å². The van der Waals surface area contributed by atoms with E-state index >= 15 is 0 Å². The van der Waals surface area contributed by atoms with Gasteiger partial charge in [-0.15, -0.1) is 0 Å². The highest BCUT2D eigenvalue weighted by Crippen LogP contribution is 2.31. The predicted molar refractivity (Wildman–Crippen MR) is 85.3 cm³/mol. The molecule has 3 nitrogen and oxygen atoms in total. The zero-order valence-electron chi connectivity index (χ0n) is 12.4. The second-order valence-corrected chi connectivity index (χ2v) is 5.24. The SMILES string of the molecule is CCN(C)C(=O)c1cc(C)c(Oc2ccccc2)cc1Cl. The minimum absolute atomic E-state index is 0.0862. The fourth-order valence-electron chi connectivity index (χ4n) is 1.90. The first-order valence-corrected chi connectivity index (χ1v) is 7.19. The number of carbonyl (C=O) groups excluding carboxylic acids is 1. The van der Waals surface area contributed by atoms with Gasteiger partial charge >= 0.3 is 0 Å². The number of ether oxygens (including phenoxy) is 1. The normalized spacial score (nSPS) is 10.3. The largest absolute Gasteiger partial charge is 0.457 e. The number of halogens is 1. The Bertz CT molecular complexity index is 641. The Kier molecular flexibility index (Phi) is 4.86. The minimum Gasteiger partial charge on any atom is -0.457 e. The molecular formula is C17H18ClNO2. The number of aryl methyl sites for hydroxylation is 1. The lowest BCUT2D eigenvalue weighted by atomic mass is 10.1. The van der Waals surface area contributed by atoms with Gasteiger partial charge in [-0.25, -0.2) is 0 Å². The monoisotopic (exact) mass is 303 g/mol. The van der Waals surface area contributed by atoms with Crippen LogP contribution < -0.4 is 4.74 Å². The van der Waals surface area contributed by atoms with Crippen molar-refractivity contribution in [2.75, 3.05) is 13.6 Å². The first kappa shape index (κ1) is 15.4. The topological polar surface area (TPSA) is 29.5 Å². The molecule has 0 aliphatic rings. The van der Waals surface area contributed by atoms with Crippen molar-refractivity contribution in [3.8, 4) is 11.5 Å². The molecule has 1 amide bonds. The Labute approximate surface area is 130 Å². The van der Waals surface area contributed by atoms with Gasteiger partial charge in [0, 0.05) is 19.7 Å². The van der Waals surface area contributed by atoms with E-state index in [1.807, 2.05) is 44.2 Å². The van der Waals surface area contributed by atoms with Gasteiger partial charge in [-0.3, -0.25) is 4.79 Å². The third-order valence-corrected chi connectivity index (χ3v) is 3.60. The standard InChI is InChI=1S/C17H18ClNO2/c1-4-19(3)17(20)14-10-12(2)16(11-15(14)18)21-13-8-6-5-7-9-13/h5-11H,4H2,1-3H3. The van der Waals surface area contributed by atoms with E-state index in [2.05, 4.69) is 0 Å². The Morgan fingerprint density at radius 3 is 2.52 bits per heavy atom. The minimum atomic E-state index is -0.0862. The van der Waals surface area contributed by atoms with Crippen molar-refractivity contribution < 1.29 is 9.53 Å². The van der Waals surface area contributed by atoms with Gasteiger partial charge in [0.2, 0.25) is 0 Å². The second-order valence-electron chi connectivity index (χ2n) is 4.83. The smallest absolute Gasteiger partial charge is 0.255 e. The summed E-state index contributed by atoms with van der Waals surface area (Å²) in [6, 6.07) is 12.9. The lowest BCUT2D eigenvalue weighted by molar-refractivity contribution is 0.0802. The molecule has 0 heterocycles. The van der Waals surface area contributed by atoms with Gasteiger partial charge in [0.25, 0.3) is 5.91 Å². The van der Waals surface area contributed by atoms with Crippen LogP contribution in [0.3, 0.4) is 0 Å². The number of hydrogen-bond donors (Lipinski definition) is 0. The van der Waals surface area contributed by atoms with E-state index in [1.165, 1.54) is 0 Å². The summed E-state index contributed by atoms with van der Waals surface area (Å²) in [6.45, 7) is 4.46. The highest BCUT2D eigenvalue weighted by atomic mass is 35.5. The Hall–Kier alpha value is -2.00. The van der Waals surface area contributed by atoms with Gasteiger partial charge in [-0.2, -0.15) is 0 Å². The van der Waals surface area contributed by atoms with Crippen LogP contribution in [0.15, 0.2) is 42.5 Å². The molecule has 0 bridgehead atoms. The number of nitrogens with zero attached hydrogens (tertiary/aromatic N) is 1. The summed E-state index contributed by atoms with van der Waals surface area (Å²) in [5.41, 5.74) is 1.37. The highest BCUT2D eigenvalue weighted by Gasteiger charge is 2.16. The number of amides is 1. The van der Waals surface area contributed by atoms with Crippen LogP contribution >= 0.6 is 11.6 Å². The Morgan fingerprint density at radius 1 is 1.24 bits per heavy atom. The van der Waals surface area contributed by atoms with Crippen LogP contribution in [0.2, 0.25) is 5.02 Å². The number of hydrogen-bond acceptors (Lipinski definition) is 2. The van der Waals surface area contributed by atoms with Crippen LogP contribution in [0.4, 0.5) is 0 Å². The number of benzene rings is 2. The van der Waals surface area contributed by atoms with Crippen LogP contribution in [-0.2, 0) is 0 Å². The average Bonchev–Trinajstić information content (AvgIpc) is 2.50. The molecule has 0 aliphatic carbocycles. The maximum absolute atomic E-state index is 12.2. The molecule has 2 aromatic carbocycles. The van der Waals surface area contributed by atoms with E-state index in [9.17, 15) is 4.79 Å². The Balaban J connectivity index is 2.31. The first-order chi connectivity index (χ1) is 10.0. The molecule has 2 aromatic rings. The molecule has 2 rings (SSSR count). The molecule has 21 heavy (non-hydrogen) atoms. The van der Waals surface area contributed by atoms with E-state index in [4.69, 9.17) is 16.3 Å². The van der Waals surface area contributed by atoms with Gasteiger partial charge in [-0.1, -0.05) is 29.8 Å².